The van der Waals surface area contributed by atoms with E-state index in [1.165, 1.54) is 0 Å². The third-order valence-electron chi connectivity index (χ3n) is 1.78. The van der Waals surface area contributed by atoms with Gasteiger partial charge in [0.25, 0.3) is 0 Å². The molecule has 0 spiro atoms. The second-order valence-electron chi connectivity index (χ2n) is 2.96. The van der Waals surface area contributed by atoms with Crippen molar-refractivity contribution >= 4 is 5.91 Å². The van der Waals surface area contributed by atoms with Crippen LogP contribution in [0.4, 0.5) is 0 Å². The maximum Gasteiger partial charge on any atom is 0.239 e. The standard InChI is InChI=1S/C9H16N2O2/c1-8(7-10)9(12)11(2)5-4-6-13-3/h8H,4-6H2,1-3H3. The first-order chi connectivity index (χ1) is 6.13. The van der Waals surface area contributed by atoms with Crippen LogP contribution in [0.1, 0.15) is 13.3 Å². The zero-order valence-corrected chi connectivity index (χ0v) is 8.41. The van der Waals surface area contributed by atoms with Crippen molar-refractivity contribution in [1.29, 1.82) is 5.26 Å². The fourth-order valence-electron chi connectivity index (χ4n) is 0.942. The molecule has 1 unspecified atom stereocenters. The summed E-state index contributed by atoms with van der Waals surface area (Å²) in [6.45, 7) is 2.88. The summed E-state index contributed by atoms with van der Waals surface area (Å²) >= 11 is 0. The first kappa shape index (κ1) is 11.9. The molecule has 0 aliphatic carbocycles. The van der Waals surface area contributed by atoms with Gasteiger partial charge in [0.15, 0.2) is 0 Å². The van der Waals surface area contributed by atoms with Crippen LogP contribution in [0.25, 0.3) is 0 Å². The molecule has 4 heteroatoms. The summed E-state index contributed by atoms with van der Waals surface area (Å²) in [4.78, 5) is 12.9. The van der Waals surface area contributed by atoms with Crippen molar-refractivity contribution in [3.63, 3.8) is 0 Å². The third-order valence-corrected chi connectivity index (χ3v) is 1.78. The second-order valence-corrected chi connectivity index (χ2v) is 2.96. The lowest BCUT2D eigenvalue weighted by atomic mass is 10.2. The Morgan fingerprint density at radius 1 is 1.69 bits per heavy atom. The molecule has 0 aromatic rings. The number of hydrogen-bond acceptors (Lipinski definition) is 3. The fraction of sp³-hybridized carbons (Fsp3) is 0.778. The number of amides is 1. The van der Waals surface area contributed by atoms with E-state index in [0.29, 0.717) is 13.2 Å². The smallest absolute Gasteiger partial charge is 0.239 e. The van der Waals surface area contributed by atoms with Crippen molar-refractivity contribution in [3.8, 4) is 6.07 Å². The molecule has 0 aliphatic heterocycles. The Morgan fingerprint density at radius 3 is 2.77 bits per heavy atom. The monoisotopic (exact) mass is 184 g/mol. The topological polar surface area (TPSA) is 53.3 Å². The average molecular weight is 184 g/mol. The Kier molecular flexibility index (Phi) is 5.90. The minimum Gasteiger partial charge on any atom is -0.385 e. The average Bonchev–Trinajstić information content (AvgIpc) is 2.15. The fourth-order valence-corrected chi connectivity index (χ4v) is 0.942. The molecule has 1 atom stereocenters. The molecule has 1 amide bonds. The van der Waals surface area contributed by atoms with Crippen molar-refractivity contribution in [3.05, 3.63) is 0 Å². The lowest BCUT2D eigenvalue weighted by Gasteiger charge is -2.17. The zero-order chi connectivity index (χ0) is 10.3. The molecular weight excluding hydrogens is 168 g/mol. The van der Waals surface area contributed by atoms with Crippen LogP contribution >= 0.6 is 0 Å². The Balaban J connectivity index is 3.77. The molecule has 74 valence electrons. The molecule has 13 heavy (non-hydrogen) atoms. The summed E-state index contributed by atoms with van der Waals surface area (Å²) in [5, 5.41) is 8.50. The number of nitriles is 1. The van der Waals surface area contributed by atoms with Gasteiger partial charge in [0.1, 0.15) is 5.92 Å². The summed E-state index contributed by atoms with van der Waals surface area (Å²) < 4.78 is 4.86. The van der Waals surface area contributed by atoms with Gasteiger partial charge in [-0.3, -0.25) is 4.79 Å². The van der Waals surface area contributed by atoms with Crippen LogP contribution in [0.15, 0.2) is 0 Å². The lowest BCUT2D eigenvalue weighted by Crippen LogP contribution is -2.32. The molecule has 0 saturated carbocycles. The summed E-state index contributed by atoms with van der Waals surface area (Å²) in [5.41, 5.74) is 0. The maximum atomic E-state index is 11.3. The number of carbonyl (C=O) groups excluding carboxylic acids is 1. The highest BCUT2D eigenvalue weighted by molar-refractivity contribution is 5.80. The van der Waals surface area contributed by atoms with Gasteiger partial charge in [-0.1, -0.05) is 0 Å². The zero-order valence-electron chi connectivity index (χ0n) is 8.41. The number of carbonyl (C=O) groups is 1. The van der Waals surface area contributed by atoms with E-state index in [9.17, 15) is 4.79 Å². The molecule has 0 N–H and O–H groups in total. The van der Waals surface area contributed by atoms with Crippen LogP contribution in [-0.2, 0) is 9.53 Å². The minimum absolute atomic E-state index is 0.126. The van der Waals surface area contributed by atoms with Crippen LogP contribution in [0.3, 0.4) is 0 Å². The number of rotatable bonds is 5. The predicted molar refractivity (Wildman–Crippen MR) is 48.9 cm³/mol. The highest BCUT2D eigenvalue weighted by Gasteiger charge is 2.15. The van der Waals surface area contributed by atoms with Gasteiger partial charge in [-0.2, -0.15) is 5.26 Å². The van der Waals surface area contributed by atoms with E-state index in [1.54, 1.807) is 26.0 Å². The van der Waals surface area contributed by atoms with Gasteiger partial charge in [-0.15, -0.1) is 0 Å². The first-order valence-corrected chi connectivity index (χ1v) is 4.27. The lowest BCUT2D eigenvalue weighted by molar-refractivity contribution is -0.132. The Bertz CT molecular complexity index is 198. The highest BCUT2D eigenvalue weighted by Crippen LogP contribution is 1.99. The molecule has 4 nitrogen and oxygen atoms in total. The van der Waals surface area contributed by atoms with Crippen molar-refractivity contribution < 1.29 is 9.53 Å². The van der Waals surface area contributed by atoms with E-state index < -0.39 is 5.92 Å². The first-order valence-electron chi connectivity index (χ1n) is 4.27. The van der Waals surface area contributed by atoms with Gasteiger partial charge in [0.2, 0.25) is 5.91 Å². The maximum absolute atomic E-state index is 11.3. The largest absolute Gasteiger partial charge is 0.385 e. The molecule has 0 saturated heterocycles. The van der Waals surface area contributed by atoms with Crippen LogP contribution in [0.2, 0.25) is 0 Å². The minimum atomic E-state index is -0.549. The van der Waals surface area contributed by atoms with Gasteiger partial charge in [0.05, 0.1) is 6.07 Å². The summed E-state index contributed by atoms with van der Waals surface area (Å²) in [6, 6.07) is 1.91. The molecule has 0 radical (unpaired) electrons. The molecular formula is C9H16N2O2. The molecule has 0 aromatic heterocycles. The van der Waals surface area contributed by atoms with Crippen molar-refractivity contribution in [2.75, 3.05) is 27.3 Å². The molecule has 0 aromatic carbocycles. The predicted octanol–water partition coefficient (Wildman–Crippen LogP) is 0.641. The molecule has 0 bridgehead atoms. The SMILES string of the molecule is COCCCN(C)C(=O)C(C)C#N. The number of hydrogen-bond donors (Lipinski definition) is 0. The van der Waals surface area contributed by atoms with E-state index in [0.717, 1.165) is 6.42 Å². The van der Waals surface area contributed by atoms with E-state index in [1.807, 2.05) is 6.07 Å². The van der Waals surface area contributed by atoms with Gasteiger partial charge in [-0.25, -0.2) is 0 Å². The Morgan fingerprint density at radius 2 is 2.31 bits per heavy atom. The Hall–Kier alpha value is -1.08. The van der Waals surface area contributed by atoms with Crippen LogP contribution in [-0.4, -0.2) is 38.1 Å². The highest BCUT2D eigenvalue weighted by atomic mass is 16.5. The summed E-state index contributed by atoms with van der Waals surface area (Å²) in [5.74, 6) is -0.675. The van der Waals surface area contributed by atoms with Gasteiger partial charge < -0.3 is 9.64 Å². The third kappa shape index (κ3) is 4.48. The van der Waals surface area contributed by atoms with Crippen LogP contribution in [0, 0.1) is 17.2 Å². The van der Waals surface area contributed by atoms with Crippen molar-refractivity contribution in [1.82, 2.24) is 4.90 Å². The Labute approximate surface area is 79.1 Å². The van der Waals surface area contributed by atoms with E-state index in [2.05, 4.69) is 0 Å². The molecule has 0 fully saturated rings. The van der Waals surface area contributed by atoms with E-state index >= 15 is 0 Å². The van der Waals surface area contributed by atoms with Crippen LogP contribution < -0.4 is 0 Å². The van der Waals surface area contributed by atoms with Gasteiger partial charge >= 0.3 is 0 Å². The molecule has 0 rings (SSSR count). The summed E-state index contributed by atoms with van der Waals surface area (Å²) in [7, 11) is 3.32. The number of ether oxygens (including phenoxy) is 1. The van der Waals surface area contributed by atoms with E-state index in [4.69, 9.17) is 10.00 Å². The van der Waals surface area contributed by atoms with E-state index in [-0.39, 0.29) is 5.91 Å². The summed E-state index contributed by atoms with van der Waals surface area (Å²) in [6.07, 6.45) is 0.802. The van der Waals surface area contributed by atoms with Crippen LogP contribution in [0.5, 0.6) is 0 Å². The van der Waals surface area contributed by atoms with Crippen molar-refractivity contribution in [2.45, 2.75) is 13.3 Å². The number of methoxy groups -OCH3 is 1. The quantitative estimate of drug-likeness (QED) is 0.589. The molecule has 0 heterocycles. The van der Waals surface area contributed by atoms with Gasteiger partial charge in [-0.05, 0) is 13.3 Å². The second kappa shape index (κ2) is 6.44. The normalized spacial score (nSPS) is 11.8. The number of nitrogens with zero attached hydrogens (tertiary/aromatic N) is 2. The van der Waals surface area contributed by atoms with Crippen molar-refractivity contribution in [2.24, 2.45) is 5.92 Å². The van der Waals surface area contributed by atoms with Gasteiger partial charge in [0, 0.05) is 27.3 Å². The molecule has 0 aliphatic rings.